The van der Waals surface area contributed by atoms with Gasteiger partial charge in [-0.25, -0.2) is 0 Å². The highest BCUT2D eigenvalue weighted by Crippen LogP contribution is 2.45. The third-order valence-corrected chi connectivity index (χ3v) is 3.86. The van der Waals surface area contributed by atoms with E-state index in [1.54, 1.807) is 0 Å². The summed E-state index contributed by atoms with van der Waals surface area (Å²) in [5, 5.41) is 10.0. The number of nitrogens with two attached hydrogens (primary N) is 1. The molecule has 0 heterocycles. The highest BCUT2D eigenvalue weighted by molar-refractivity contribution is 6.32. The Kier molecular flexibility index (Phi) is 2.65. The summed E-state index contributed by atoms with van der Waals surface area (Å²) in [5.74, 6) is 0.187. The number of aromatic hydroxyl groups is 1. The Hall–Kier alpha value is -0.730. The lowest BCUT2D eigenvalue weighted by molar-refractivity contribution is 0.253. The summed E-state index contributed by atoms with van der Waals surface area (Å²) in [6.07, 6.45) is 3.49. The van der Waals surface area contributed by atoms with Crippen molar-refractivity contribution in [3.8, 4) is 5.75 Å². The average Bonchev–Trinajstić information content (AvgIpc) is 2.13. The Morgan fingerprint density at radius 2 is 2.13 bits per heavy atom. The van der Waals surface area contributed by atoms with E-state index < -0.39 is 0 Å². The molecule has 2 rings (SSSR count). The second-order valence-corrected chi connectivity index (χ2v) is 4.87. The Bertz CT molecular complexity index is 357. The van der Waals surface area contributed by atoms with Crippen LogP contribution in [0.3, 0.4) is 0 Å². The van der Waals surface area contributed by atoms with Crippen LogP contribution in [0.25, 0.3) is 0 Å². The van der Waals surface area contributed by atoms with Gasteiger partial charge in [0, 0.05) is 12.0 Å². The van der Waals surface area contributed by atoms with Crippen LogP contribution < -0.4 is 5.73 Å². The zero-order valence-electron chi connectivity index (χ0n) is 8.89. The molecule has 0 aliphatic heterocycles. The molecular formula is C12H16ClNO. The molecule has 0 aromatic heterocycles. The molecular weight excluding hydrogens is 210 g/mol. The number of phenolic OH excluding ortho intramolecular Hbond substituents is 1. The van der Waals surface area contributed by atoms with Gasteiger partial charge in [0.2, 0.25) is 0 Å². The SMILES string of the molecule is Cc1cc(C2(CN)CCC2)cc(Cl)c1O. The Labute approximate surface area is 95.1 Å². The quantitative estimate of drug-likeness (QED) is 0.813. The third-order valence-electron chi connectivity index (χ3n) is 3.57. The number of rotatable bonds is 2. The van der Waals surface area contributed by atoms with E-state index in [0.29, 0.717) is 11.6 Å². The van der Waals surface area contributed by atoms with Crippen LogP contribution in [0.2, 0.25) is 5.02 Å². The molecule has 0 radical (unpaired) electrons. The van der Waals surface area contributed by atoms with Crippen molar-refractivity contribution in [2.45, 2.75) is 31.6 Å². The second kappa shape index (κ2) is 3.69. The highest BCUT2D eigenvalue weighted by atomic mass is 35.5. The summed E-state index contributed by atoms with van der Waals surface area (Å²) in [7, 11) is 0. The minimum Gasteiger partial charge on any atom is -0.506 e. The van der Waals surface area contributed by atoms with E-state index in [4.69, 9.17) is 17.3 Å². The van der Waals surface area contributed by atoms with E-state index >= 15 is 0 Å². The summed E-state index contributed by atoms with van der Waals surface area (Å²) >= 11 is 5.97. The topological polar surface area (TPSA) is 46.2 Å². The van der Waals surface area contributed by atoms with Crippen molar-refractivity contribution in [3.63, 3.8) is 0 Å². The minimum absolute atomic E-state index is 0.113. The fraction of sp³-hybridized carbons (Fsp3) is 0.500. The van der Waals surface area contributed by atoms with Gasteiger partial charge in [0.25, 0.3) is 0 Å². The third kappa shape index (κ3) is 1.62. The number of aryl methyl sites for hydroxylation is 1. The van der Waals surface area contributed by atoms with Crippen molar-refractivity contribution in [1.82, 2.24) is 0 Å². The summed E-state index contributed by atoms with van der Waals surface area (Å²) < 4.78 is 0. The summed E-state index contributed by atoms with van der Waals surface area (Å²) in [6, 6.07) is 3.86. The molecule has 0 amide bonds. The van der Waals surface area contributed by atoms with Crippen molar-refractivity contribution < 1.29 is 5.11 Å². The molecule has 1 aliphatic carbocycles. The molecule has 1 saturated carbocycles. The van der Waals surface area contributed by atoms with Crippen LogP contribution in [0.1, 0.15) is 30.4 Å². The first-order chi connectivity index (χ1) is 7.09. The Morgan fingerprint density at radius 1 is 1.47 bits per heavy atom. The first-order valence-electron chi connectivity index (χ1n) is 5.29. The molecule has 3 N–H and O–H groups in total. The standard InChI is InChI=1S/C12H16ClNO/c1-8-5-9(6-10(13)11(8)15)12(7-14)3-2-4-12/h5-6,15H,2-4,7,14H2,1H3. The Balaban J connectivity index is 2.45. The number of benzene rings is 1. The fourth-order valence-electron chi connectivity index (χ4n) is 2.26. The maximum absolute atomic E-state index is 9.60. The van der Waals surface area contributed by atoms with Gasteiger partial charge < -0.3 is 10.8 Å². The van der Waals surface area contributed by atoms with Gasteiger partial charge in [-0.3, -0.25) is 0 Å². The maximum atomic E-state index is 9.60. The molecule has 1 aromatic rings. The van der Waals surface area contributed by atoms with Crippen molar-refractivity contribution >= 4 is 11.6 Å². The summed E-state index contributed by atoms with van der Waals surface area (Å²) in [4.78, 5) is 0. The van der Waals surface area contributed by atoms with Gasteiger partial charge in [0.1, 0.15) is 5.75 Å². The maximum Gasteiger partial charge on any atom is 0.137 e. The van der Waals surface area contributed by atoms with E-state index in [1.807, 2.05) is 19.1 Å². The van der Waals surface area contributed by atoms with Crippen LogP contribution in [0.4, 0.5) is 0 Å². The van der Waals surface area contributed by atoms with Crippen molar-refractivity contribution in [1.29, 1.82) is 0 Å². The molecule has 0 saturated heterocycles. The molecule has 0 spiro atoms. The fourth-order valence-corrected chi connectivity index (χ4v) is 2.52. The summed E-state index contributed by atoms with van der Waals surface area (Å²) in [5.41, 5.74) is 7.95. The van der Waals surface area contributed by atoms with Gasteiger partial charge >= 0.3 is 0 Å². The average molecular weight is 226 g/mol. The van der Waals surface area contributed by atoms with E-state index in [-0.39, 0.29) is 11.2 Å². The van der Waals surface area contributed by atoms with Gasteiger partial charge in [0.05, 0.1) is 5.02 Å². The smallest absolute Gasteiger partial charge is 0.137 e. The molecule has 0 unspecified atom stereocenters. The van der Waals surface area contributed by atoms with E-state index in [9.17, 15) is 5.11 Å². The molecule has 2 nitrogen and oxygen atoms in total. The van der Waals surface area contributed by atoms with Crippen LogP contribution in [-0.2, 0) is 5.41 Å². The number of phenols is 1. The van der Waals surface area contributed by atoms with Crippen LogP contribution in [-0.4, -0.2) is 11.7 Å². The molecule has 0 bridgehead atoms. The van der Waals surface area contributed by atoms with Gasteiger partial charge in [0.15, 0.2) is 0 Å². The highest BCUT2D eigenvalue weighted by Gasteiger charge is 2.37. The molecule has 0 atom stereocenters. The normalized spacial score (nSPS) is 18.6. The van der Waals surface area contributed by atoms with Crippen molar-refractivity contribution in [3.05, 3.63) is 28.3 Å². The lowest BCUT2D eigenvalue weighted by Gasteiger charge is -2.41. The minimum atomic E-state index is 0.113. The van der Waals surface area contributed by atoms with Crippen LogP contribution in [0.5, 0.6) is 5.75 Å². The molecule has 1 fully saturated rings. The van der Waals surface area contributed by atoms with Gasteiger partial charge in [-0.05, 0) is 37.0 Å². The van der Waals surface area contributed by atoms with Gasteiger partial charge in [-0.15, -0.1) is 0 Å². The van der Waals surface area contributed by atoms with Crippen molar-refractivity contribution in [2.75, 3.05) is 6.54 Å². The van der Waals surface area contributed by atoms with Crippen molar-refractivity contribution in [2.24, 2.45) is 5.73 Å². The largest absolute Gasteiger partial charge is 0.506 e. The predicted molar refractivity (Wildman–Crippen MR) is 62.4 cm³/mol. The molecule has 15 heavy (non-hydrogen) atoms. The Morgan fingerprint density at radius 3 is 2.53 bits per heavy atom. The zero-order valence-corrected chi connectivity index (χ0v) is 9.64. The van der Waals surface area contributed by atoms with Crippen LogP contribution in [0, 0.1) is 6.92 Å². The van der Waals surface area contributed by atoms with E-state index in [1.165, 1.54) is 12.0 Å². The number of halogens is 1. The molecule has 82 valence electrons. The number of hydrogen-bond donors (Lipinski definition) is 2. The lowest BCUT2D eigenvalue weighted by Crippen LogP contribution is -2.41. The lowest BCUT2D eigenvalue weighted by atomic mass is 9.64. The first kappa shape index (κ1) is 10.8. The number of hydrogen-bond acceptors (Lipinski definition) is 2. The van der Waals surface area contributed by atoms with Crippen LogP contribution in [0.15, 0.2) is 12.1 Å². The second-order valence-electron chi connectivity index (χ2n) is 4.46. The molecule has 1 aliphatic rings. The van der Waals surface area contributed by atoms with E-state index in [0.717, 1.165) is 18.4 Å². The van der Waals surface area contributed by atoms with Gasteiger partial charge in [-0.2, -0.15) is 0 Å². The monoisotopic (exact) mass is 225 g/mol. The van der Waals surface area contributed by atoms with Gasteiger partial charge in [-0.1, -0.05) is 24.1 Å². The zero-order chi connectivity index (χ0) is 11.1. The van der Waals surface area contributed by atoms with E-state index in [2.05, 4.69) is 0 Å². The summed E-state index contributed by atoms with van der Waals surface area (Å²) in [6.45, 7) is 2.53. The molecule has 1 aromatic carbocycles. The molecule has 3 heteroatoms. The first-order valence-corrected chi connectivity index (χ1v) is 5.66. The predicted octanol–water partition coefficient (Wildman–Crippen LogP) is 2.73. The van der Waals surface area contributed by atoms with Crippen LogP contribution >= 0.6 is 11.6 Å².